The molecular formula is C25H27N7O2. The number of carbonyl (C=O) groups excluding carboxylic acids is 1. The average Bonchev–Trinajstić information content (AvgIpc) is 3.22. The summed E-state index contributed by atoms with van der Waals surface area (Å²) in [6, 6.07) is 16.4. The summed E-state index contributed by atoms with van der Waals surface area (Å²) < 4.78 is 7.48. The van der Waals surface area contributed by atoms with Crippen molar-refractivity contribution in [3.63, 3.8) is 0 Å². The van der Waals surface area contributed by atoms with Gasteiger partial charge >= 0.3 is 6.03 Å². The van der Waals surface area contributed by atoms with E-state index in [1.807, 2.05) is 24.3 Å². The minimum atomic E-state index is -0.275. The number of para-hydroxylation sites is 1. The number of aryl methyl sites for hydroxylation is 1. The number of urea groups is 1. The van der Waals surface area contributed by atoms with Crippen molar-refractivity contribution in [2.75, 3.05) is 31.3 Å². The normalized spacial score (nSPS) is 10.9. The molecule has 9 nitrogen and oxygen atoms in total. The third-order valence-electron chi connectivity index (χ3n) is 5.59. The fourth-order valence-electron chi connectivity index (χ4n) is 3.93. The number of carbonyl (C=O) groups is 1. The molecule has 2 aromatic carbocycles. The molecule has 0 saturated carbocycles. The van der Waals surface area contributed by atoms with Gasteiger partial charge in [0.15, 0.2) is 5.82 Å². The monoisotopic (exact) mass is 457 g/mol. The molecule has 0 atom stereocenters. The van der Waals surface area contributed by atoms with Gasteiger partial charge in [0, 0.05) is 37.7 Å². The third kappa shape index (κ3) is 5.08. The summed E-state index contributed by atoms with van der Waals surface area (Å²) in [7, 11) is 1.67. The second kappa shape index (κ2) is 10.6. The number of nitrogens with two attached hydrogens (primary N) is 1. The molecule has 2 aromatic heterocycles. The number of benzene rings is 2. The van der Waals surface area contributed by atoms with Gasteiger partial charge in [0.25, 0.3) is 0 Å². The highest BCUT2D eigenvalue weighted by atomic mass is 16.5. The molecule has 0 unspecified atom stereocenters. The van der Waals surface area contributed by atoms with Crippen LogP contribution in [0.1, 0.15) is 24.2 Å². The summed E-state index contributed by atoms with van der Waals surface area (Å²) in [5, 5.41) is 15.5. The summed E-state index contributed by atoms with van der Waals surface area (Å²) in [6.07, 6.45) is 2.31. The number of nitrogens with one attached hydrogen (secondary N) is 2. The molecule has 4 rings (SSSR count). The first-order valence-corrected chi connectivity index (χ1v) is 11.2. The van der Waals surface area contributed by atoms with Gasteiger partial charge in [0.05, 0.1) is 29.3 Å². The van der Waals surface area contributed by atoms with Crippen LogP contribution in [-0.4, -0.2) is 40.8 Å². The van der Waals surface area contributed by atoms with Crippen molar-refractivity contribution in [2.45, 2.75) is 25.8 Å². The largest absolute Gasteiger partial charge is 0.384 e. The van der Waals surface area contributed by atoms with E-state index in [4.69, 9.17) is 20.7 Å². The molecule has 0 aliphatic rings. The molecule has 4 N–H and O–H groups in total. The van der Waals surface area contributed by atoms with E-state index in [2.05, 4.69) is 26.3 Å². The van der Waals surface area contributed by atoms with Crippen LogP contribution in [0.5, 0.6) is 0 Å². The smallest absolute Gasteiger partial charge is 0.319 e. The van der Waals surface area contributed by atoms with Gasteiger partial charge in [-0.15, -0.1) is 0 Å². The Morgan fingerprint density at radius 3 is 2.71 bits per heavy atom. The van der Waals surface area contributed by atoms with Crippen LogP contribution >= 0.6 is 0 Å². The van der Waals surface area contributed by atoms with Crippen LogP contribution in [0.4, 0.5) is 16.3 Å². The van der Waals surface area contributed by atoms with E-state index in [0.29, 0.717) is 42.2 Å². The van der Waals surface area contributed by atoms with Crippen LogP contribution in [0, 0.1) is 11.3 Å². The zero-order chi connectivity index (χ0) is 23.9. The van der Waals surface area contributed by atoms with E-state index in [1.165, 1.54) is 0 Å². The average molecular weight is 458 g/mol. The predicted molar refractivity (Wildman–Crippen MR) is 132 cm³/mol. The zero-order valence-electron chi connectivity index (χ0n) is 19.0. The Labute approximate surface area is 197 Å². The maximum Gasteiger partial charge on any atom is 0.319 e. The highest BCUT2D eigenvalue weighted by Gasteiger charge is 2.17. The maximum absolute atomic E-state index is 12.2. The minimum absolute atomic E-state index is 0.275. The number of aromatic nitrogens is 3. The van der Waals surface area contributed by atoms with Gasteiger partial charge in [0.1, 0.15) is 11.3 Å². The first-order valence-electron chi connectivity index (χ1n) is 11.2. The van der Waals surface area contributed by atoms with E-state index in [0.717, 1.165) is 41.6 Å². The van der Waals surface area contributed by atoms with E-state index < -0.39 is 0 Å². The standard InChI is InChI=1S/C25H27N7O2/c1-34-15-12-21-31-22-23(19-6-2-3-7-20(19)30-24(22)27)32(21)14-5-4-13-28-25(33)29-18-10-8-17(16-26)9-11-18/h2-3,6-11H,4-5,12-15H2,1H3,(H2,27,30)(H2,28,29,33). The lowest BCUT2D eigenvalue weighted by Gasteiger charge is -2.12. The second-order valence-electron chi connectivity index (χ2n) is 7.91. The Hall–Kier alpha value is -4.16. The Balaban J connectivity index is 1.41. The van der Waals surface area contributed by atoms with Gasteiger partial charge < -0.3 is 25.7 Å². The molecule has 0 aliphatic carbocycles. The molecule has 0 saturated heterocycles. The van der Waals surface area contributed by atoms with Crippen molar-refractivity contribution in [1.29, 1.82) is 5.26 Å². The van der Waals surface area contributed by atoms with Gasteiger partial charge in [-0.3, -0.25) is 0 Å². The molecule has 34 heavy (non-hydrogen) atoms. The second-order valence-corrected chi connectivity index (χ2v) is 7.91. The maximum atomic E-state index is 12.2. The number of anilines is 2. The number of rotatable bonds is 9. The van der Waals surface area contributed by atoms with Crippen LogP contribution < -0.4 is 16.4 Å². The van der Waals surface area contributed by atoms with Gasteiger partial charge in [-0.05, 0) is 43.2 Å². The summed E-state index contributed by atoms with van der Waals surface area (Å²) in [4.78, 5) is 21.4. The fourth-order valence-corrected chi connectivity index (χ4v) is 3.93. The summed E-state index contributed by atoms with van der Waals surface area (Å²) in [5.74, 6) is 1.33. The lowest BCUT2D eigenvalue weighted by molar-refractivity contribution is 0.199. The molecule has 174 valence electrons. The molecule has 0 fully saturated rings. The van der Waals surface area contributed by atoms with E-state index in [1.54, 1.807) is 31.4 Å². The van der Waals surface area contributed by atoms with Gasteiger partial charge in [0.2, 0.25) is 0 Å². The number of ether oxygens (including phenoxy) is 1. The molecule has 9 heteroatoms. The van der Waals surface area contributed by atoms with Crippen molar-refractivity contribution < 1.29 is 9.53 Å². The molecule has 0 radical (unpaired) electrons. The number of imidazole rings is 1. The third-order valence-corrected chi connectivity index (χ3v) is 5.59. The van der Waals surface area contributed by atoms with Crippen molar-refractivity contribution >= 4 is 39.5 Å². The van der Waals surface area contributed by atoms with E-state index >= 15 is 0 Å². The quantitative estimate of drug-likeness (QED) is 0.327. The van der Waals surface area contributed by atoms with Crippen LogP contribution in [-0.2, 0) is 17.7 Å². The number of methoxy groups -OCH3 is 1. The van der Waals surface area contributed by atoms with E-state index in [9.17, 15) is 4.79 Å². The molecular weight excluding hydrogens is 430 g/mol. The van der Waals surface area contributed by atoms with Crippen LogP contribution in [0.3, 0.4) is 0 Å². The Morgan fingerprint density at radius 2 is 1.94 bits per heavy atom. The highest BCUT2D eigenvalue weighted by Crippen LogP contribution is 2.29. The van der Waals surface area contributed by atoms with Crippen molar-refractivity contribution in [1.82, 2.24) is 19.9 Å². The van der Waals surface area contributed by atoms with Crippen LogP contribution in [0.2, 0.25) is 0 Å². The lowest BCUT2D eigenvalue weighted by atomic mass is 10.2. The van der Waals surface area contributed by atoms with Crippen molar-refractivity contribution in [2.24, 2.45) is 0 Å². The Kier molecular flexibility index (Phi) is 7.20. The molecule has 2 amide bonds. The van der Waals surface area contributed by atoms with Crippen LogP contribution in [0.25, 0.3) is 21.9 Å². The van der Waals surface area contributed by atoms with Crippen molar-refractivity contribution in [3.05, 3.63) is 59.9 Å². The number of hydrogen-bond donors (Lipinski definition) is 3. The molecule has 0 bridgehead atoms. The summed E-state index contributed by atoms with van der Waals surface area (Å²) >= 11 is 0. The number of hydrogen-bond acceptors (Lipinski definition) is 6. The number of unbranched alkanes of at least 4 members (excludes halogenated alkanes) is 1. The first kappa shape index (κ1) is 23.0. The van der Waals surface area contributed by atoms with Gasteiger partial charge in [-0.1, -0.05) is 18.2 Å². The van der Waals surface area contributed by atoms with Crippen LogP contribution in [0.15, 0.2) is 48.5 Å². The topological polar surface area (TPSA) is 131 Å². The minimum Gasteiger partial charge on any atom is -0.384 e. The number of nitrogen functional groups attached to an aromatic ring is 1. The molecule has 0 spiro atoms. The fraction of sp³-hybridized carbons (Fsp3) is 0.280. The number of pyridine rings is 1. The Morgan fingerprint density at radius 1 is 1.15 bits per heavy atom. The first-order chi connectivity index (χ1) is 16.6. The van der Waals surface area contributed by atoms with E-state index in [-0.39, 0.29) is 6.03 Å². The molecule has 0 aliphatic heterocycles. The predicted octanol–water partition coefficient (Wildman–Crippen LogP) is 3.83. The number of fused-ring (bicyclic) bond motifs is 3. The van der Waals surface area contributed by atoms with Crippen molar-refractivity contribution in [3.8, 4) is 6.07 Å². The number of amides is 2. The summed E-state index contributed by atoms with van der Waals surface area (Å²) in [5.41, 5.74) is 9.96. The van der Waals surface area contributed by atoms with Gasteiger partial charge in [-0.25, -0.2) is 14.8 Å². The lowest BCUT2D eigenvalue weighted by Crippen LogP contribution is -2.29. The SMILES string of the molecule is COCCc1nc2c(N)nc3ccccc3c2n1CCCCNC(=O)Nc1ccc(C#N)cc1. The van der Waals surface area contributed by atoms with Gasteiger partial charge in [-0.2, -0.15) is 5.26 Å². The molecule has 4 aromatic rings. The number of nitrogens with zero attached hydrogens (tertiary/aromatic N) is 4. The number of nitriles is 1. The zero-order valence-corrected chi connectivity index (χ0v) is 19.0. The highest BCUT2D eigenvalue weighted by molar-refractivity contribution is 6.06. The summed E-state index contributed by atoms with van der Waals surface area (Å²) in [6.45, 7) is 1.83. The molecule has 2 heterocycles. The Bertz CT molecular complexity index is 1340.